The number of para-hydroxylation sites is 1. The van der Waals surface area contributed by atoms with Gasteiger partial charge in [0, 0.05) is 12.1 Å². The molecule has 146 valence electrons. The Balaban J connectivity index is 1.68. The largest absolute Gasteiger partial charge is 0.491 e. The Morgan fingerprint density at radius 1 is 1.11 bits per heavy atom. The molecule has 1 heterocycles. The second kappa shape index (κ2) is 7.77. The summed E-state index contributed by atoms with van der Waals surface area (Å²) in [6.45, 7) is 3.69. The van der Waals surface area contributed by atoms with Gasteiger partial charge in [0.2, 0.25) is 0 Å². The van der Waals surface area contributed by atoms with Gasteiger partial charge in [-0.05, 0) is 23.6 Å². The zero-order valence-electron chi connectivity index (χ0n) is 15.5. The lowest BCUT2D eigenvalue weighted by Crippen LogP contribution is -2.39. The van der Waals surface area contributed by atoms with Crippen molar-refractivity contribution in [3.05, 3.63) is 69.3 Å². The lowest BCUT2D eigenvalue weighted by atomic mass is 10.0. The topological polar surface area (TPSA) is 110 Å². The maximum Gasteiger partial charge on any atom is 0.270 e. The van der Waals surface area contributed by atoms with Crippen LogP contribution in [-0.4, -0.2) is 46.0 Å². The second-order valence-electron chi connectivity index (χ2n) is 6.87. The summed E-state index contributed by atoms with van der Waals surface area (Å²) in [5.41, 5.74) is 0.782. The highest BCUT2D eigenvalue weighted by molar-refractivity contribution is 6.21. The molecule has 0 aromatic heterocycles. The van der Waals surface area contributed by atoms with Crippen molar-refractivity contribution in [2.24, 2.45) is 0 Å². The number of fused-ring (bicyclic) bond motifs is 1. The van der Waals surface area contributed by atoms with Crippen LogP contribution in [0.2, 0.25) is 0 Å². The van der Waals surface area contributed by atoms with Crippen LogP contribution in [0.3, 0.4) is 0 Å². The first-order valence-electron chi connectivity index (χ1n) is 8.84. The standard InChI is InChI=1S/C20H20N2O6/c1-12(2)15-5-3-4-6-18(15)28-11-14(23)10-21-19(24)16-8-7-13(22(26)27)9-17(16)20(21)25/h3-9,12,14,23H,10-11H2,1-2H3/t14-/m0/s1. The first kappa shape index (κ1) is 19.5. The van der Waals surface area contributed by atoms with E-state index in [0.717, 1.165) is 16.5 Å². The van der Waals surface area contributed by atoms with Crippen LogP contribution < -0.4 is 4.74 Å². The number of aliphatic hydroxyl groups excluding tert-OH is 1. The molecule has 0 spiro atoms. The zero-order chi connectivity index (χ0) is 20.4. The normalized spacial score (nSPS) is 14.4. The summed E-state index contributed by atoms with van der Waals surface area (Å²) in [5, 5.41) is 21.2. The lowest BCUT2D eigenvalue weighted by molar-refractivity contribution is -0.384. The fraction of sp³-hybridized carbons (Fsp3) is 0.300. The van der Waals surface area contributed by atoms with E-state index in [4.69, 9.17) is 4.74 Å². The molecule has 1 atom stereocenters. The van der Waals surface area contributed by atoms with Crippen molar-refractivity contribution in [2.75, 3.05) is 13.2 Å². The van der Waals surface area contributed by atoms with Crippen molar-refractivity contribution in [3.63, 3.8) is 0 Å². The molecule has 1 aliphatic heterocycles. The number of non-ortho nitro benzene ring substituents is 1. The molecule has 1 aliphatic rings. The number of nitrogens with zero attached hydrogens (tertiary/aromatic N) is 2. The molecule has 0 saturated heterocycles. The molecule has 0 aliphatic carbocycles. The number of carbonyl (C=O) groups is 2. The highest BCUT2D eigenvalue weighted by Gasteiger charge is 2.37. The van der Waals surface area contributed by atoms with Gasteiger partial charge < -0.3 is 9.84 Å². The number of imide groups is 1. The van der Waals surface area contributed by atoms with E-state index in [1.54, 1.807) is 6.07 Å². The Hall–Kier alpha value is -3.26. The van der Waals surface area contributed by atoms with Crippen LogP contribution in [-0.2, 0) is 0 Å². The average molecular weight is 384 g/mol. The van der Waals surface area contributed by atoms with E-state index in [2.05, 4.69) is 0 Å². The molecule has 2 aromatic carbocycles. The predicted octanol–water partition coefficient (Wildman–Crippen LogP) is 2.75. The maximum atomic E-state index is 12.5. The Kier molecular flexibility index (Phi) is 5.41. The van der Waals surface area contributed by atoms with Crippen molar-refractivity contribution < 1.29 is 24.4 Å². The third-order valence-corrected chi connectivity index (χ3v) is 4.53. The number of hydrogen-bond acceptors (Lipinski definition) is 6. The molecule has 2 amide bonds. The number of nitro benzene ring substituents is 1. The fourth-order valence-corrected chi connectivity index (χ4v) is 3.10. The third kappa shape index (κ3) is 3.72. The van der Waals surface area contributed by atoms with Crippen LogP contribution in [0, 0.1) is 10.1 Å². The van der Waals surface area contributed by atoms with Gasteiger partial charge in [-0.25, -0.2) is 0 Å². The molecule has 8 heteroatoms. The van der Waals surface area contributed by atoms with Gasteiger partial charge in [0.1, 0.15) is 18.5 Å². The Labute approximate surface area is 161 Å². The van der Waals surface area contributed by atoms with E-state index < -0.39 is 22.8 Å². The first-order chi connectivity index (χ1) is 13.3. The zero-order valence-corrected chi connectivity index (χ0v) is 15.5. The molecule has 1 N–H and O–H groups in total. The van der Waals surface area contributed by atoms with Crippen LogP contribution in [0.1, 0.15) is 46.0 Å². The first-order valence-corrected chi connectivity index (χ1v) is 8.84. The molecule has 3 rings (SSSR count). The summed E-state index contributed by atoms with van der Waals surface area (Å²) in [5.74, 6) is -0.378. The van der Waals surface area contributed by atoms with Crippen molar-refractivity contribution in [1.82, 2.24) is 4.90 Å². The van der Waals surface area contributed by atoms with Gasteiger partial charge in [0.05, 0.1) is 22.6 Å². The smallest absolute Gasteiger partial charge is 0.270 e. The van der Waals surface area contributed by atoms with Gasteiger partial charge in [-0.3, -0.25) is 24.6 Å². The van der Waals surface area contributed by atoms with Gasteiger partial charge in [-0.15, -0.1) is 0 Å². The van der Waals surface area contributed by atoms with Gasteiger partial charge in [0.25, 0.3) is 17.5 Å². The molecule has 0 fully saturated rings. The minimum atomic E-state index is -1.10. The van der Waals surface area contributed by atoms with E-state index in [-0.39, 0.29) is 35.9 Å². The third-order valence-electron chi connectivity index (χ3n) is 4.53. The summed E-state index contributed by atoms with van der Waals surface area (Å²) >= 11 is 0. The SMILES string of the molecule is CC(C)c1ccccc1OC[C@@H](O)CN1C(=O)c2ccc([N+](=O)[O-])cc2C1=O. The van der Waals surface area contributed by atoms with Gasteiger partial charge >= 0.3 is 0 Å². The molecule has 2 aromatic rings. The lowest BCUT2D eigenvalue weighted by Gasteiger charge is -2.20. The van der Waals surface area contributed by atoms with Gasteiger partial charge in [0.15, 0.2) is 0 Å². The second-order valence-corrected chi connectivity index (χ2v) is 6.87. The highest BCUT2D eigenvalue weighted by Crippen LogP contribution is 2.28. The molecule has 0 radical (unpaired) electrons. The van der Waals surface area contributed by atoms with Crippen LogP contribution in [0.4, 0.5) is 5.69 Å². The predicted molar refractivity (Wildman–Crippen MR) is 100 cm³/mol. The summed E-state index contributed by atoms with van der Waals surface area (Å²) in [6.07, 6.45) is -1.10. The molecule has 0 bridgehead atoms. The number of rotatable bonds is 7. The molecular formula is C20H20N2O6. The molecular weight excluding hydrogens is 364 g/mol. The van der Waals surface area contributed by atoms with E-state index in [0.29, 0.717) is 5.75 Å². The average Bonchev–Trinajstić information content (AvgIpc) is 2.91. The monoisotopic (exact) mass is 384 g/mol. The summed E-state index contributed by atoms with van der Waals surface area (Å²) in [7, 11) is 0. The maximum absolute atomic E-state index is 12.5. The Morgan fingerprint density at radius 2 is 1.79 bits per heavy atom. The van der Waals surface area contributed by atoms with Crippen LogP contribution in [0.25, 0.3) is 0 Å². The van der Waals surface area contributed by atoms with Crippen molar-refractivity contribution in [2.45, 2.75) is 25.9 Å². The number of β-amino-alcohol motifs (C(OH)–C–C–N with tert-alkyl or cyclic N) is 1. The van der Waals surface area contributed by atoms with Crippen molar-refractivity contribution in [3.8, 4) is 5.75 Å². The minimum Gasteiger partial charge on any atom is -0.491 e. The molecule has 0 unspecified atom stereocenters. The molecule has 0 saturated carbocycles. The number of nitro groups is 1. The Morgan fingerprint density at radius 3 is 2.46 bits per heavy atom. The molecule has 28 heavy (non-hydrogen) atoms. The number of carbonyl (C=O) groups excluding carboxylic acids is 2. The van der Waals surface area contributed by atoms with Gasteiger partial charge in [-0.2, -0.15) is 0 Å². The summed E-state index contributed by atoms with van der Waals surface area (Å²) in [4.78, 5) is 36.0. The fourth-order valence-electron chi connectivity index (χ4n) is 3.10. The number of aliphatic hydroxyl groups is 1. The number of benzene rings is 2. The van der Waals surface area contributed by atoms with Gasteiger partial charge in [-0.1, -0.05) is 32.0 Å². The van der Waals surface area contributed by atoms with Crippen LogP contribution in [0.5, 0.6) is 5.75 Å². The quantitative estimate of drug-likeness (QED) is 0.446. The highest BCUT2D eigenvalue weighted by atomic mass is 16.6. The van der Waals surface area contributed by atoms with Crippen LogP contribution >= 0.6 is 0 Å². The number of amides is 2. The number of hydrogen-bond donors (Lipinski definition) is 1. The van der Waals surface area contributed by atoms with E-state index in [1.807, 2.05) is 32.0 Å². The van der Waals surface area contributed by atoms with E-state index >= 15 is 0 Å². The molecule has 8 nitrogen and oxygen atoms in total. The van der Waals surface area contributed by atoms with E-state index in [9.17, 15) is 24.8 Å². The Bertz CT molecular complexity index is 940. The van der Waals surface area contributed by atoms with Crippen molar-refractivity contribution in [1.29, 1.82) is 0 Å². The summed E-state index contributed by atoms with van der Waals surface area (Å²) in [6, 6.07) is 11.0. The summed E-state index contributed by atoms with van der Waals surface area (Å²) < 4.78 is 5.68. The number of ether oxygens (including phenoxy) is 1. The van der Waals surface area contributed by atoms with E-state index in [1.165, 1.54) is 12.1 Å². The van der Waals surface area contributed by atoms with Crippen molar-refractivity contribution >= 4 is 17.5 Å². The minimum absolute atomic E-state index is 0.0301. The van der Waals surface area contributed by atoms with Crippen LogP contribution in [0.15, 0.2) is 42.5 Å².